The lowest BCUT2D eigenvalue weighted by Gasteiger charge is -2.32. The highest BCUT2D eigenvalue weighted by Gasteiger charge is 2.35. The number of carbonyl (C=O) groups is 1. The number of amides is 1. The summed E-state index contributed by atoms with van der Waals surface area (Å²) in [5.74, 6) is 0.560. The summed E-state index contributed by atoms with van der Waals surface area (Å²) in [5.41, 5.74) is 0.167. The number of pyridine rings is 1. The molecule has 28 heavy (non-hydrogen) atoms. The first-order valence-electron chi connectivity index (χ1n) is 9.43. The van der Waals surface area contributed by atoms with E-state index in [9.17, 15) is 10.1 Å². The van der Waals surface area contributed by atoms with Gasteiger partial charge in [0.15, 0.2) is 11.0 Å². The van der Waals surface area contributed by atoms with E-state index in [1.807, 2.05) is 23.6 Å². The predicted molar refractivity (Wildman–Crippen MR) is 108 cm³/mol. The molecule has 1 atom stereocenters. The highest BCUT2D eigenvalue weighted by molar-refractivity contribution is 8.00. The Morgan fingerprint density at radius 1 is 1.39 bits per heavy atom. The van der Waals surface area contributed by atoms with E-state index >= 15 is 0 Å². The van der Waals surface area contributed by atoms with Gasteiger partial charge in [-0.25, -0.2) is 0 Å². The number of thioether (sulfide) groups is 1. The van der Waals surface area contributed by atoms with Crippen LogP contribution in [0.5, 0.6) is 0 Å². The molecule has 1 aliphatic carbocycles. The Bertz CT molecular complexity index is 867. The van der Waals surface area contributed by atoms with Crippen molar-refractivity contribution in [2.45, 2.75) is 61.5 Å². The second-order valence-electron chi connectivity index (χ2n) is 6.95. The molecule has 0 aliphatic heterocycles. The van der Waals surface area contributed by atoms with Crippen molar-refractivity contribution in [3.05, 3.63) is 37.2 Å². The molecule has 1 saturated carbocycles. The Morgan fingerprint density at radius 3 is 2.75 bits per heavy atom. The quantitative estimate of drug-likeness (QED) is 0.569. The summed E-state index contributed by atoms with van der Waals surface area (Å²) in [4.78, 5) is 16.8. The molecule has 1 fully saturated rings. The third kappa shape index (κ3) is 4.42. The zero-order valence-electron chi connectivity index (χ0n) is 16.0. The minimum absolute atomic E-state index is 0.146. The molecule has 2 heterocycles. The summed E-state index contributed by atoms with van der Waals surface area (Å²) >= 11 is 1.34. The Labute approximate surface area is 169 Å². The number of nitrogens with one attached hydrogen (secondary N) is 1. The summed E-state index contributed by atoms with van der Waals surface area (Å²) in [5, 5.41) is 21.4. The normalized spacial score (nSPS) is 16.7. The van der Waals surface area contributed by atoms with Crippen molar-refractivity contribution >= 4 is 17.7 Å². The summed E-state index contributed by atoms with van der Waals surface area (Å²) in [6.07, 6.45) is 9.67. The Kier molecular flexibility index (Phi) is 6.47. The lowest BCUT2D eigenvalue weighted by atomic mass is 9.83. The number of carbonyl (C=O) groups excluding carboxylic acids is 1. The molecule has 1 aliphatic rings. The van der Waals surface area contributed by atoms with Gasteiger partial charge in [0, 0.05) is 24.5 Å². The van der Waals surface area contributed by atoms with E-state index in [-0.39, 0.29) is 5.91 Å². The molecular weight excluding hydrogens is 372 g/mol. The van der Waals surface area contributed by atoms with Crippen LogP contribution in [0, 0.1) is 11.3 Å². The summed E-state index contributed by atoms with van der Waals surface area (Å²) in [6, 6.07) is 6.07. The third-order valence-corrected chi connectivity index (χ3v) is 5.98. The lowest BCUT2D eigenvalue weighted by Crippen LogP contribution is -2.51. The van der Waals surface area contributed by atoms with Crippen molar-refractivity contribution in [3.8, 4) is 17.5 Å². The first-order chi connectivity index (χ1) is 13.6. The lowest BCUT2D eigenvalue weighted by molar-refractivity contribution is -0.121. The molecule has 1 unspecified atom stereocenters. The molecule has 2 aromatic rings. The van der Waals surface area contributed by atoms with Gasteiger partial charge in [0.25, 0.3) is 0 Å². The van der Waals surface area contributed by atoms with E-state index in [4.69, 9.17) is 0 Å². The van der Waals surface area contributed by atoms with Gasteiger partial charge >= 0.3 is 0 Å². The first kappa shape index (κ1) is 20.1. The van der Waals surface area contributed by atoms with E-state index < -0.39 is 10.8 Å². The first-order valence-corrected chi connectivity index (χ1v) is 10.3. The predicted octanol–water partition coefficient (Wildman–Crippen LogP) is 3.35. The number of rotatable bonds is 7. The standard InChI is InChI=1S/C20H24N6OS/c1-3-13-26-17(16-7-11-22-12-8-16)24-25-19(26)28-15(2)18(27)23-20(14-21)9-5-4-6-10-20/h3,7-8,11-12,15H,1,4-6,9-10,13H2,2H3,(H,23,27). The maximum Gasteiger partial charge on any atom is 0.234 e. The van der Waals surface area contributed by atoms with Crippen molar-refractivity contribution < 1.29 is 4.79 Å². The van der Waals surface area contributed by atoms with E-state index in [2.05, 4.69) is 33.1 Å². The van der Waals surface area contributed by atoms with Crippen LogP contribution in [0.4, 0.5) is 0 Å². The SMILES string of the molecule is C=CCn1c(SC(C)C(=O)NC2(C#N)CCCCC2)nnc1-c1ccncc1. The number of hydrogen-bond acceptors (Lipinski definition) is 6. The monoisotopic (exact) mass is 396 g/mol. The van der Waals surface area contributed by atoms with Crippen molar-refractivity contribution in [2.24, 2.45) is 0 Å². The molecular formula is C20H24N6OS. The smallest absolute Gasteiger partial charge is 0.234 e. The van der Waals surface area contributed by atoms with Crippen molar-refractivity contribution in [2.75, 3.05) is 0 Å². The van der Waals surface area contributed by atoms with Crippen LogP contribution < -0.4 is 5.32 Å². The van der Waals surface area contributed by atoms with Gasteiger partial charge in [-0.15, -0.1) is 16.8 Å². The fraction of sp³-hybridized carbons (Fsp3) is 0.450. The number of nitriles is 1. The van der Waals surface area contributed by atoms with E-state index in [0.717, 1.165) is 24.8 Å². The zero-order valence-corrected chi connectivity index (χ0v) is 16.8. The van der Waals surface area contributed by atoms with Crippen LogP contribution in [-0.4, -0.2) is 36.4 Å². The molecule has 0 radical (unpaired) electrons. The third-order valence-electron chi connectivity index (χ3n) is 4.90. The van der Waals surface area contributed by atoms with Crippen LogP contribution in [-0.2, 0) is 11.3 Å². The highest BCUT2D eigenvalue weighted by Crippen LogP contribution is 2.30. The van der Waals surface area contributed by atoms with Crippen molar-refractivity contribution in [1.82, 2.24) is 25.1 Å². The maximum atomic E-state index is 12.8. The van der Waals surface area contributed by atoms with Crippen molar-refractivity contribution in [1.29, 1.82) is 5.26 Å². The maximum absolute atomic E-state index is 12.8. The number of aromatic nitrogens is 4. The van der Waals surface area contributed by atoms with Crippen LogP contribution in [0.3, 0.4) is 0 Å². The molecule has 0 bridgehead atoms. The summed E-state index contributed by atoms with van der Waals surface area (Å²) in [7, 11) is 0. The van der Waals surface area contributed by atoms with Gasteiger partial charge in [-0.05, 0) is 31.9 Å². The van der Waals surface area contributed by atoms with Gasteiger partial charge in [-0.1, -0.05) is 37.1 Å². The molecule has 0 spiro atoms. The van der Waals surface area contributed by atoms with Crippen LogP contribution in [0.25, 0.3) is 11.4 Å². The van der Waals surface area contributed by atoms with Gasteiger partial charge in [0.2, 0.25) is 5.91 Å². The molecule has 0 saturated heterocycles. The van der Waals surface area contributed by atoms with Gasteiger partial charge in [-0.2, -0.15) is 5.26 Å². The molecule has 8 heteroatoms. The molecule has 146 valence electrons. The summed E-state index contributed by atoms with van der Waals surface area (Å²) in [6.45, 7) is 6.17. The molecule has 1 N–H and O–H groups in total. The largest absolute Gasteiger partial charge is 0.337 e. The Hall–Kier alpha value is -2.66. The Morgan fingerprint density at radius 2 is 2.11 bits per heavy atom. The Balaban J connectivity index is 1.75. The molecule has 1 amide bonds. The molecule has 3 rings (SSSR count). The highest BCUT2D eigenvalue weighted by atomic mass is 32.2. The van der Waals surface area contributed by atoms with Gasteiger partial charge in [0.05, 0.1) is 11.3 Å². The minimum Gasteiger partial charge on any atom is -0.337 e. The second-order valence-corrected chi connectivity index (χ2v) is 8.25. The minimum atomic E-state index is -0.735. The van der Waals surface area contributed by atoms with Gasteiger partial charge < -0.3 is 5.32 Å². The van der Waals surface area contributed by atoms with Crippen LogP contribution >= 0.6 is 11.8 Å². The average Bonchev–Trinajstić information content (AvgIpc) is 3.12. The fourth-order valence-corrected chi connectivity index (χ4v) is 4.21. The van der Waals surface area contributed by atoms with Gasteiger partial charge in [0.1, 0.15) is 5.54 Å². The number of hydrogen-bond donors (Lipinski definition) is 1. The van der Waals surface area contributed by atoms with E-state index in [1.165, 1.54) is 11.8 Å². The number of allylic oxidation sites excluding steroid dienone is 1. The van der Waals surface area contributed by atoms with E-state index in [1.54, 1.807) is 18.5 Å². The van der Waals surface area contributed by atoms with Gasteiger partial charge in [-0.3, -0.25) is 14.3 Å². The topological polar surface area (TPSA) is 96.5 Å². The zero-order chi connectivity index (χ0) is 20.0. The number of nitrogens with zero attached hydrogens (tertiary/aromatic N) is 5. The average molecular weight is 397 g/mol. The van der Waals surface area contributed by atoms with Crippen LogP contribution in [0.2, 0.25) is 0 Å². The molecule has 7 nitrogen and oxygen atoms in total. The van der Waals surface area contributed by atoms with Crippen molar-refractivity contribution in [3.63, 3.8) is 0 Å². The fourth-order valence-electron chi connectivity index (χ4n) is 3.35. The summed E-state index contributed by atoms with van der Waals surface area (Å²) < 4.78 is 1.93. The van der Waals surface area contributed by atoms with Crippen LogP contribution in [0.15, 0.2) is 42.3 Å². The van der Waals surface area contributed by atoms with E-state index in [0.29, 0.717) is 30.4 Å². The van der Waals surface area contributed by atoms with Crippen LogP contribution in [0.1, 0.15) is 39.0 Å². The molecule has 2 aromatic heterocycles. The molecule has 0 aromatic carbocycles. The second kappa shape index (κ2) is 9.02.